The summed E-state index contributed by atoms with van der Waals surface area (Å²) in [6.07, 6.45) is 2.74. The molecule has 1 aliphatic carbocycles. The molecular weight excluding hydrogens is 294 g/mol. The van der Waals surface area contributed by atoms with Gasteiger partial charge in [0.05, 0.1) is 6.61 Å². The molecule has 0 amide bonds. The maximum Gasteiger partial charge on any atom is 0.321 e. The highest BCUT2D eigenvalue weighted by Crippen LogP contribution is 2.32. The van der Waals surface area contributed by atoms with Gasteiger partial charge in [0.15, 0.2) is 5.69 Å². The summed E-state index contributed by atoms with van der Waals surface area (Å²) in [5.74, 6) is -0.602. The molecule has 0 atom stereocenters. The number of ether oxygens (including phenoxy) is 1. The van der Waals surface area contributed by atoms with Crippen molar-refractivity contribution in [3.8, 4) is 6.07 Å². The minimum atomic E-state index is -3.95. The van der Waals surface area contributed by atoms with E-state index in [4.69, 9.17) is 10.00 Å². The fourth-order valence-corrected chi connectivity index (χ4v) is 3.64. The van der Waals surface area contributed by atoms with Crippen molar-refractivity contribution in [3.05, 3.63) is 24.0 Å². The topological polar surface area (TPSA) is 100 Å². The molecule has 0 N–H and O–H groups in total. The number of rotatable bonds is 6. The quantitative estimate of drug-likeness (QED) is 0.716. The van der Waals surface area contributed by atoms with Crippen molar-refractivity contribution in [2.75, 3.05) is 13.2 Å². The lowest BCUT2D eigenvalue weighted by Crippen LogP contribution is -2.38. The molecule has 0 spiro atoms. The normalized spacial score (nSPS) is 14.7. The first kappa shape index (κ1) is 15.4. The predicted octanol–water partition coefficient (Wildman–Crippen LogP) is 0.669. The summed E-state index contributed by atoms with van der Waals surface area (Å²) in [6, 6.07) is 4.31. The number of nitriles is 1. The van der Waals surface area contributed by atoms with Gasteiger partial charge in [0, 0.05) is 12.2 Å². The molecule has 7 nitrogen and oxygen atoms in total. The van der Waals surface area contributed by atoms with E-state index >= 15 is 0 Å². The van der Waals surface area contributed by atoms with Crippen molar-refractivity contribution >= 4 is 16.0 Å². The van der Waals surface area contributed by atoms with Crippen LogP contribution in [0.3, 0.4) is 0 Å². The molecule has 0 aliphatic heterocycles. The zero-order valence-corrected chi connectivity index (χ0v) is 12.3. The molecule has 1 aliphatic rings. The Balaban J connectivity index is 2.35. The van der Waals surface area contributed by atoms with Gasteiger partial charge in [0.2, 0.25) is 10.0 Å². The van der Waals surface area contributed by atoms with Crippen molar-refractivity contribution in [2.24, 2.45) is 0 Å². The van der Waals surface area contributed by atoms with Crippen LogP contribution in [0.5, 0.6) is 0 Å². The lowest BCUT2D eigenvalue weighted by atomic mass is 10.4. The number of esters is 1. The van der Waals surface area contributed by atoms with Crippen molar-refractivity contribution in [1.82, 2.24) is 9.29 Å². The second-order valence-electron chi connectivity index (χ2n) is 4.55. The predicted molar refractivity (Wildman–Crippen MR) is 72.5 cm³/mol. The Labute approximate surface area is 123 Å². The van der Waals surface area contributed by atoms with Gasteiger partial charge in [-0.3, -0.25) is 4.79 Å². The summed E-state index contributed by atoms with van der Waals surface area (Å²) in [7, 11) is -3.95. The highest BCUT2D eigenvalue weighted by Gasteiger charge is 2.40. The number of carbonyl (C=O) groups is 1. The Hall–Kier alpha value is -1.98. The van der Waals surface area contributed by atoms with E-state index in [1.54, 1.807) is 13.0 Å². The molecule has 1 aromatic rings. The standard InChI is InChI=1S/C13H15N3O4S/c1-2-20-13(17)9-16(10-5-6-10)21(18,19)12-4-3-7-15-11(12)8-14/h3-4,7,10H,2,5-6,9H2,1H3. The average Bonchev–Trinajstić information content (AvgIpc) is 3.29. The minimum absolute atomic E-state index is 0.174. The van der Waals surface area contributed by atoms with Crippen molar-refractivity contribution in [3.63, 3.8) is 0 Å². The first-order chi connectivity index (χ1) is 10.0. The molecule has 0 radical (unpaired) electrons. The van der Waals surface area contributed by atoms with E-state index < -0.39 is 16.0 Å². The Morgan fingerprint density at radius 3 is 2.86 bits per heavy atom. The molecule has 0 unspecified atom stereocenters. The highest BCUT2D eigenvalue weighted by molar-refractivity contribution is 7.89. The van der Waals surface area contributed by atoms with Crippen LogP contribution in [0.15, 0.2) is 23.2 Å². The van der Waals surface area contributed by atoms with Crippen LogP contribution in [0, 0.1) is 11.3 Å². The third-order valence-electron chi connectivity index (χ3n) is 3.01. The number of sulfonamides is 1. The molecule has 1 saturated carbocycles. The summed E-state index contributed by atoms with van der Waals surface area (Å²) in [5.41, 5.74) is -0.174. The van der Waals surface area contributed by atoms with Gasteiger partial charge in [-0.05, 0) is 31.9 Å². The maximum absolute atomic E-state index is 12.7. The van der Waals surface area contributed by atoms with Crippen LogP contribution in [0.4, 0.5) is 0 Å². The van der Waals surface area contributed by atoms with Crippen LogP contribution < -0.4 is 0 Å². The molecule has 2 rings (SSSR count). The number of aromatic nitrogens is 1. The Morgan fingerprint density at radius 1 is 1.57 bits per heavy atom. The van der Waals surface area contributed by atoms with E-state index in [1.165, 1.54) is 18.3 Å². The molecule has 21 heavy (non-hydrogen) atoms. The van der Waals surface area contributed by atoms with E-state index in [2.05, 4.69) is 4.98 Å². The van der Waals surface area contributed by atoms with Crippen LogP contribution >= 0.6 is 0 Å². The summed E-state index contributed by atoms with van der Waals surface area (Å²) >= 11 is 0. The zero-order chi connectivity index (χ0) is 15.5. The van der Waals surface area contributed by atoms with E-state index in [0.29, 0.717) is 12.8 Å². The number of hydrogen-bond acceptors (Lipinski definition) is 6. The van der Waals surface area contributed by atoms with Crippen LogP contribution in [-0.2, 0) is 19.6 Å². The van der Waals surface area contributed by atoms with Crippen LogP contribution in [0.1, 0.15) is 25.5 Å². The molecule has 1 aromatic heterocycles. The molecular formula is C13H15N3O4S. The van der Waals surface area contributed by atoms with Gasteiger partial charge in [0.1, 0.15) is 17.5 Å². The Kier molecular flexibility index (Phi) is 4.55. The summed E-state index contributed by atoms with van der Waals surface area (Å²) in [6.45, 7) is 1.50. The first-order valence-corrected chi connectivity index (χ1v) is 7.97. The Morgan fingerprint density at radius 2 is 2.29 bits per heavy atom. The minimum Gasteiger partial charge on any atom is -0.465 e. The number of nitrogens with zero attached hydrogens (tertiary/aromatic N) is 3. The van der Waals surface area contributed by atoms with Gasteiger partial charge in [-0.15, -0.1) is 0 Å². The SMILES string of the molecule is CCOC(=O)CN(C1CC1)S(=O)(=O)c1cccnc1C#N. The van der Waals surface area contributed by atoms with Gasteiger partial charge < -0.3 is 4.74 Å². The second kappa shape index (κ2) is 6.20. The maximum atomic E-state index is 12.7. The molecule has 112 valence electrons. The molecule has 1 fully saturated rings. The van der Waals surface area contributed by atoms with Gasteiger partial charge in [-0.2, -0.15) is 9.57 Å². The van der Waals surface area contributed by atoms with Crippen LogP contribution in [-0.4, -0.2) is 42.9 Å². The summed E-state index contributed by atoms with van der Waals surface area (Å²) in [4.78, 5) is 15.2. The highest BCUT2D eigenvalue weighted by atomic mass is 32.2. The van der Waals surface area contributed by atoms with Gasteiger partial charge in [0.25, 0.3) is 0 Å². The first-order valence-electron chi connectivity index (χ1n) is 6.53. The van der Waals surface area contributed by atoms with Gasteiger partial charge >= 0.3 is 5.97 Å². The monoisotopic (exact) mass is 309 g/mol. The van der Waals surface area contributed by atoms with Gasteiger partial charge in [-0.1, -0.05) is 0 Å². The Bertz CT molecular complexity index is 677. The second-order valence-corrected chi connectivity index (χ2v) is 6.41. The fraction of sp³-hybridized carbons (Fsp3) is 0.462. The molecule has 0 saturated heterocycles. The van der Waals surface area contributed by atoms with Crippen molar-refractivity contribution in [1.29, 1.82) is 5.26 Å². The third-order valence-corrected chi connectivity index (χ3v) is 4.94. The lowest BCUT2D eigenvalue weighted by Gasteiger charge is -2.21. The van der Waals surface area contributed by atoms with E-state index in [9.17, 15) is 13.2 Å². The largest absolute Gasteiger partial charge is 0.465 e. The van der Waals surface area contributed by atoms with Crippen molar-refractivity contribution in [2.45, 2.75) is 30.7 Å². The van der Waals surface area contributed by atoms with E-state index in [0.717, 1.165) is 4.31 Å². The van der Waals surface area contributed by atoms with E-state index in [1.807, 2.05) is 0 Å². The average molecular weight is 309 g/mol. The smallest absolute Gasteiger partial charge is 0.321 e. The third kappa shape index (κ3) is 3.37. The number of carbonyl (C=O) groups excluding carboxylic acids is 1. The zero-order valence-electron chi connectivity index (χ0n) is 11.5. The van der Waals surface area contributed by atoms with Crippen LogP contribution in [0.2, 0.25) is 0 Å². The van der Waals surface area contributed by atoms with Crippen molar-refractivity contribution < 1.29 is 17.9 Å². The fourth-order valence-electron chi connectivity index (χ4n) is 1.92. The molecule has 0 bridgehead atoms. The summed E-state index contributed by atoms with van der Waals surface area (Å²) in [5, 5.41) is 9.00. The molecule has 1 heterocycles. The number of hydrogen-bond donors (Lipinski definition) is 0. The van der Waals surface area contributed by atoms with Crippen LogP contribution in [0.25, 0.3) is 0 Å². The molecule has 0 aromatic carbocycles. The molecule has 8 heteroatoms. The number of pyridine rings is 1. The lowest BCUT2D eigenvalue weighted by molar-refractivity contribution is -0.143. The summed E-state index contributed by atoms with van der Waals surface area (Å²) < 4.78 is 31.2. The van der Waals surface area contributed by atoms with E-state index in [-0.39, 0.29) is 29.8 Å². The van der Waals surface area contributed by atoms with Gasteiger partial charge in [-0.25, -0.2) is 13.4 Å².